The van der Waals surface area contributed by atoms with Gasteiger partial charge in [-0.3, -0.25) is 0 Å². The molecule has 0 amide bonds. The Morgan fingerprint density at radius 2 is 1.41 bits per heavy atom. The highest BCUT2D eigenvalue weighted by Crippen LogP contribution is 2.48. The molecule has 0 spiro atoms. The Labute approximate surface area is 159 Å². The van der Waals surface area contributed by atoms with Crippen molar-refractivity contribution >= 4 is 0 Å². The third-order valence-corrected chi connectivity index (χ3v) is 5.85. The fourth-order valence-electron chi connectivity index (χ4n) is 4.26. The number of benzene rings is 3. The summed E-state index contributed by atoms with van der Waals surface area (Å²) in [5, 5.41) is 15.5. The summed E-state index contributed by atoms with van der Waals surface area (Å²) < 4.78 is 13.5. The molecule has 0 bridgehead atoms. The van der Waals surface area contributed by atoms with Crippen molar-refractivity contribution < 1.29 is 9.50 Å². The van der Waals surface area contributed by atoms with Gasteiger partial charge in [0.2, 0.25) is 0 Å². The second kappa shape index (κ2) is 7.26. The van der Waals surface area contributed by atoms with Crippen LogP contribution in [0.5, 0.6) is 0 Å². The fourth-order valence-corrected chi connectivity index (χ4v) is 4.26. The van der Waals surface area contributed by atoms with E-state index in [0.717, 1.165) is 16.7 Å². The predicted molar refractivity (Wildman–Crippen MR) is 106 cm³/mol. The van der Waals surface area contributed by atoms with E-state index in [1.807, 2.05) is 36.4 Å². The number of halogens is 1. The van der Waals surface area contributed by atoms with E-state index in [4.69, 9.17) is 0 Å². The Balaban J connectivity index is 1.78. The van der Waals surface area contributed by atoms with Gasteiger partial charge in [-0.25, -0.2) is 4.39 Å². The van der Waals surface area contributed by atoms with Crippen LogP contribution in [0.4, 0.5) is 4.39 Å². The van der Waals surface area contributed by atoms with Crippen LogP contribution in [0.15, 0.2) is 84.9 Å². The standard InChI is InChI=1S/C24H24FNO/c1-17-23(19-10-6-3-7-11-19)26-22(18-8-4-2-5-9-18)16-24(17,27)20-12-14-21(25)15-13-20/h2-15,17,22-23,26-27H,16H2,1H3/t17-,22+,23+,24-/m1/s1. The molecule has 1 saturated heterocycles. The minimum atomic E-state index is -1.06. The highest BCUT2D eigenvalue weighted by molar-refractivity contribution is 5.32. The summed E-state index contributed by atoms with van der Waals surface area (Å²) in [6.07, 6.45) is 0.535. The molecule has 138 valence electrons. The van der Waals surface area contributed by atoms with Crippen molar-refractivity contribution in [3.63, 3.8) is 0 Å². The van der Waals surface area contributed by atoms with Gasteiger partial charge in [0, 0.05) is 24.4 Å². The lowest BCUT2D eigenvalue weighted by Gasteiger charge is -2.48. The summed E-state index contributed by atoms with van der Waals surface area (Å²) in [5.74, 6) is -0.367. The monoisotopic (exact) mass is 361 g/mol. The first-order chi connectivity index (χ1) is 13.1. The van der Waals surface area contributed by atoms with Crippen LogP contribution in [0.2, 0.25) is 0 Å². The third kappa shape index (κ3) is 3.41. The van der Waals surface area contributed by atoms with Gasteiger partial charge in [0.05, 0.1) is 5.60 Å². The molecule has 1 aliphatic heterocycles. The molecule has 0 aliphatic carbocycles. The molecule has 2 nitrogen and oxygen atoms in total. The molecule has 4 rings (SSSR count). The topological polar surface area (TPSA) is 32.3 Å². The van der Waals surface area contributed by atoms with E-state index in [0.29, 0.717) is 6.42 Å². The molecule has 2 N–H and O–H groups in total. The van der Waals surface area contributed by atoms with Gasteiger partial charge in [-0.05, 0) is 28.8 Å². The molecule has 4 atom stereocenters. The van der Waals surface area contributed by atoms with Crippen molar-refractivity contribution in [3.05, 3.63) is 107 Å². The van der Waals surface area contributed by atoms with Gasteiger partial charge in [0.25, 0.3) is 0 Å². The van der Waals surface area contributed by atoms with Gasteiger partial charge in [0.1, 0.15) is 5.82 Å². The SMILES string of the molecule is C[C@@H]1[C@@H](c2ccccc2)N[C@H](c2ccccc2)C[C@]1(O)c1ccc(F)cc1. The highest BCUT2D eigenvalue weighted by atomic mass is 19.1. The molecule has 3 heteroatoms. The zero-order chi connectivity index (χ0) is 18.9. The molecule has 0 unspecified atom stereocenters. The smallest absolute Gasteiger partial charge is 0.123 e. The molecule has 1 heterocycles. The van der Waals surface area contributed by atoms with Crippen molar-refractivity contribution in [2.45, 2.75) is 31.0 Å². The van der Waals surface area contributed by atoms with Crippen molar-refractivity contribution in [3.8, 4) is 0 Å². The third-order valence-electron chi connectivity index (χ3n) is 5.85. The van der Waals surface area contributed by atoms with Gasteiger partial charge < -0.3 is 10.4 Å². The van der Waals surface area contributed by atoms with Crippen molar-refractivity contribution in [2.75, 3.05) is 0 Å². The van der Waals surface area contributed by atoms with E-state index >= 15 is 0 Å². The molecule has 0 radical (unpaired) electrons. The van der Waals surface area contributed by atoms with Gasteiger partial charge >= 0.3 is 0 Å². The molecule has 27 heavy (non-hydrogen) atoms. The Morgan fingerprint density at radius 1 is 0.852 bits per heavy atom. The lowest BCUT2D eigenvalue weighted by molar-refractivity contribution is -0.0743. The molecule has 0 aromatic heterocycles. The molecule has 3 aromatic carbocycles. The van der Waals surface area contributed by atoms with E-state index < -0.39 is 5.60 Å². The lowest BCUT2D eigenvalue weighted by atomic mass is 9.69. The fraction of sp³-hybridized carbons (Fsp3) is 0.250. The molecule has 1 fully saturated rings. The maximum absolute atomic E-state index is 13.5. The number of aliphatic hydroxyl groups is 1. The number of nitrogens with one attached hydrogen (secondary N) is 1. The van der Waals surface area contributed by atoms with Crippen LogP contribution < -0.4 is 5.32 Å². The summed E-state index contributed by atoms with van der Waals surface area (Å²) in [4.78, 5) is 0. The Morgan fingerprint density at radius 3 is 2.00 bits per heavy atom. The average molecular weight is 361 g/mol. The first-order valence-electron chi connectivity index (χ1n) is 9.42. The zero-order valence-electron chi connectivity index (χ0n) is 15.3. The average Bonchev–Trinajstić information content (AvgIpc) is 2.72. The van der Waals surface area contributed by atoms with Crippen LogP contribution in [0.3, 0.4) is 0 Å². The first-order valence-corrected chi connectivity index (χ1v) is 9.42. The summed E-state index contributed by atoms with van der Waals surface area (Å²) >= 11 is 0. The summed E-state index contributed by atoms with van der Waals surface area (Å²) in [6.45, 7) is 2.06. The van der Waals surface area contributed by atoms with E-state index in [1.165, 1.54) is 12.1 Å². The van der Waals surface area contributed by atoms with Crippen molar-refractivity contribution in [1.82, 2.24) is 5.32 Å². The van der Waals surface area contributed by atoms with Crippen LogP contribution in [0, 0.1) is 11.7 Å². The Kier molecular flexibility index (Phi) is 4.81. The first kappa shape index (κ1) is 17.9. The van der Waals surface area contributed by atoms with Crippen LogP contribution in [0.1, 0.15) is 42.1 Å². The van der Waals surface area contributed by atoms with Crippen molar-refractivity contribution in [2.24, 2.45) is 5.92 Å². The number of rotatable bonds is 3. The van der Waals surface area contributed by atoms with E-state index in [-0.39, 0.29) is 23.8 Å². The number of piperidine rings is 1. The maximum atomic E-state index is 13.5. The van der Waals surface area contributed by atoms with Crippen LogP contribution in [-0.4, -0.2) is 5.11 Å². The zero-order valence-corrected chi connectivity index (χ0v) is 15.3. The summed E-state index contributed by atoms with van der Waals surface area (Å²) in [5.41, 5.74) is 2.00. The Hall–Kier alpha value is -2.49. The van der Waals surface area contributed by atoms with Crippen LogP contribution >= 0.6 is 0 Å². The predicted octanol–water partition coefficient (Wildman–Crippen LogP) is 5.13. The summed E-state index contributed by atoms with van der Waals surface area (Å²) in [6, 6.07) is 26.7. The van der Waals surface area contributed by atoms with Gasteiger partial charge in [-0.2, -0.15) is 0 Å². The van der Waals surface area contributed by atoms with E-state index in [1.54, 1.807) is 12.1 Å². The van der Waals surface area contributed by atoms with Gasteiger partial charge in [0.15, 0.2) is 0 Å². The Bertz CT molecular complexity index is 881. The van der Waals surface area contributed by atoms with Gasteiger partial charge in [-0.15, -0.1) is 0 Å². The maximum Gasteiger partial charge on any atom is 0.123 e. The largest absolute Gasteiger partial charge is 0.385 e. The summed E-state index contributed by atoms with van der Waals surface area (Å²) in [7, 11) is 0. The number of hydrogen-bond acceptors (Lipinski definition) is 2. The minimum absolute atomic E-state index is 0.00246. The highest BCUT2D eigenvalue weighted by Gasteiger charge is 2.47. The molecular weight excluding hydrogens is 337 g/mol. The molecular formula is C24H24FNO. The minimum Gasteiger partial charge on any atom is -0.385 e. The van der Waals surface area contributed by atoms with Gasteiger partial charge in [-0.1, -0.05) is 79.7 Å². The van der Waals surface area contributed by atoms with E-state index in [9.17, 15) is 9.50 Å². The lowest BCUT2D eigenvalue weighted by Crippen LogP contribution is -2.50. The molecule has 0 saturated carbocycles. The quantitative estimate of drug-likeness (QED) is 0.678. The van der Waals surface area contributed by atoms with Crippen LogP contribution in [-0.2, 0) is 5.60 Å². The van der Waals surface area contributed by atoms with Crippen molar-refractivity contribution in [1.29, 1.82) is 0 Å². The second-order valence-corrected chi connectivity index (χ2v) is 7.44. The van der Waals surface area contributed by atoms with E-state index in [2.05, 4.69) is 36.5 Å². The number of hydrogen-bond donors (Lipinski definition) is 2. The molecule has 3 aromatic rings. The normalized spacial score (nSPS) is 28.0. The van der Waals surface area contributed by atoms with Crippen LogP contribution in [0.25, 0.3) is 0 Å². The molecule has 1 aliphatic rings. The second-order valence-electron chi connectivity index (χ2n) is 7.44.